The Balaban J connectivity index is 1.47. The van der Waals surface area contributed by atoms with Gasteiger partial charge < -0.3 is 0 Å². The van der Waals surface area contributed by atoms with Crippen LogP contribution >= 0.6 is 0 Å². The zero-order valence-corrected chi connectivity index (χ0v) is 15.6. The van der Waals surface area contributed by atoms with Crippen LogP contribution in [0.25, 0.3) is 0 Å². The minimum absolute atomic E-state index is 0.130. The summed E-state index contributed by atoms with van der Waals surface area (Å²) in [6.45, 7) is 2.00. The highest BCUT2D eigenvalue weighted by molar-refractivity contribution is 6.00. The molecule has 0 heterocycles. The van der Waals surface area contributed by atoms with Crippen molar-refractivity contribution in [3.05, 3.63) is 35.4 Å². The maximum atomic E-state index is 12.3. The maximum Gasteiger partial charge on any atom is 0.143 e. The molecule has 25 heavy (non-hydrogen) atoms. The molecule has 0 bridgehead atoms. The smallest absolute Gasteiger partial charge is 0.143 e. The van der Waals surface area contributed by atoms with E-state index in [0.717, 1.165) is 38.0 Å². The molecule has 1 aromatic carbocycles. The van der Waals surface area contributed by atoms with Crippen molar-refractivity contribution in [3.63, 3.8) is 0 Å². The quantitative estimate of drug-likeness (QED) is 0.546. The van der Waals surface area contributed by atoms with E-state index in [2.05, 4.69) is 24.3 Å². The van der Waals surface area contributed by atoms with Crippen molar-refractivity contribution >= 4 is 11.6 Å². The second-order valence-corrected chi connectivity index (χ2v) is 8.17. The number of rotatable bonds is 9. The fraction of sp³-hybridized carbons (Fsp3) is 0.652. The highest BCUT2D eigenvalue weighted by atomic mass is 16.1. The standard InChI is InChI=1S/C23H32O2/c1-2-6-21(24)16-23(25)20-14-12-17(15-20)11-13-19-7-3-4-10-22(19)18-8-5-9-18/h3-4,7,10,17-18,20H,2,5-6,8-9,11-16H2,1H3. The van der Waals surface area contributed by atoms with E-state index >= 15 is 0 Å². The predicted octanol–water partition coefficient (Wildman–Crippen LogP) is 5.63. The Morgan fingerprint density at radius 3 is 2.60 bits per heavy atom. The number of benzene rings is 1. The van der Waals surface area contributed by atoms with Crippen LogP contribution in [-0.4, -0.2) is 11.6 Å². The second-order valence-electron chi connectivity index (χ2n) is 8.17. The lowest BCUT2D eigenvalue weighted by atomic mass is 9.77. The van der Waals surface area contributed by atoms with Gasteiger partial charge in [-0.1, -0.05) is 37.6 Å². The fourth-order valence-corrected chi connectivity index (χ4v) is 4.57. The van der Waals surface area contributed by atoms with Crippen molar-refractivity contribution in [2.24, 2.45) is 11.8 Å². The molecule has 136 valence electrons. The Kier molecular flexibility index (Phi) is 6.45. The Morgan fingerprint density at radius 1 is 1.08 bits per heavy atom. The molecule has 0 amide bonds. The number of hydrogen-bond donors (Lipinski definition) is 0. The van der Waals surface area contributed by atoms with Crippen LogP contribution < -0.4 is 0 Å². The van der Waals surface area contributed by atoms with Gasteiger partial charge in [0.05, 0.1) is 6.42 Å². The van der Waals surface area contributed by atoms with Crippen molar-refractivity contribution in [2.75, 3.05) is 0 Å². The van der Waals surface area contributed by atoms with E-state index in [4.69, 9.17) is 0 Å². The number of hydrogen-bond acceptors (Lipinski definition) is 2. The lowest BCUT2D eigenvalue weighted by molar-refractivity contribution is -0.129. The van der Waals surface area contributed by atoms with Crippen molar-refractivity contribution in [1.82, 2.24) is 0 Å². The van der Waals surface area contributed by atoms with Gasteiger partial charge in [0.15, 0.2) is 0 Å². The Labute approximate surface area is 152 Å². The lowest BCUT2D eigenvalue weighted by Gasteiger charge is -2.28. The molecule has 0 radical (unpaired) electrons. The molecular weight excluding hydrogens is 308 g/mol. The average Bonchev–Trinajstić information content (AvgIpc) is 3.02. The molecule has 0 aliphatic heterocycles. The first kappa shape index (κ1) is 18.4. The van der Waals surface area contributed by atoms with Crippen LogP contribution in [0.1, 0.15) is 88.2 Å². The van der Waals surface area contributed by atoms with Crippen molar-refractivity contribution in [2.45, 2.75) is 83.5 Å². The van der Waals surface area contributed by atoms with Crippen LogP contribution in [0.5, 0.6) is 0 Å². The normalized spacial score (nSPS) is 23.4. The van der Waals surface area contributed by atoms with Gasteiger partial charge in [0.25, 0.3) is 0 Å². The zero-order valence-electron chi connectivity index (χ0n) is 15.6. The molecule has 0 saturated heterocycles. The van der Waals surface area contributed by atoms with Crippen LogP contribution in [0, 0.1) is 11.8 Å². The SMILES string of the molecule is CCCC(=O)CC(=O)C1CCC(CCc2ccccc2C2CCC2)C1. The molecular formula is C23H32O2. The van der Waals surface area contributed by atoms with Gasteiger partial charge in [-0.3, -0.25) is 9.59 Å². The molecule has 2 atom stereocenters. The van der Waals surface area contributed by atoms with Gasteiger partial charge >= 0.3 is 0 Å². The summed E-state index contributed by atoms with van der Waals surface area (Å²) >= 11 is 0. The Hall–Kier alpha value is -1.44. The summed E-state index contributed by atoms with van der Waals surface area (Å²) in [7, 11) is 0. The molecule has 2 heteroatoms. The summed E-state index contributed by atoms with van der Waals surface area (Å²) < 4.78 is 0. The number of carbonyl (C=O) groups excluding carboxylic acids is 2. The van der Waals surface area contributed by atoms with E-state index in [1.807, 2.05) is 6.92 Å². The third kappa shape index (κ3) is 4.80. The third-order valence-electron chi connectivity index (χ3n) is 6.32. The molecule has 1 aromatic rings. The maximum absolute atomic E-state index is 12.3. The summed E-state index contributed by atoms with van der Waals surface area (Å²) in [5.74, 6) is 1.93. The highest BCUT2D eigenvalue weighted by Gasteiger charge is 2.30. The van der Waals surface area contributed by atoms with Crippen LogP contribution in [0.15, 0.2) is 24.3 Å². The van der Waals surface area contributed by atoms with Gasteiger partial charge in [0.1, 0.15) is 11.6 Å². The van der Waals surface area contributed by atoms with Crippen molar-refractivity contribution < 1.29 is 9.59 Å². The lowest BCUT2D eigenvalue weighted by Crippen LogP contribution is -2.16. The molecule has 0 aromatic heterocycles. The molecule has 0 spiro atoms. The van der Waals surface area contributed by atoms with Crippen LogP contribution in [0.2, 0.25) is 0 Å². The van der Waals surface area contributed by atoms with E-state index in [-0.39, 0.29) is 23.9 Å². The van der Waals surface area contributed by atoms with E-state index in [1.165, 1.54) is 31.2 Å². The number of aryl methyl sites for hydroxylation is 1. The summed E-state index contributed by atoms with van der Waals surface area (Å²) in [5.41, 5.74) is 3.10. The molecule has 2 aliphatic rings. The molecule has 3 rings (SSSR count). The summed E-state index contributed by atoms with van der Waals surface area (Å²) in [4.78, 5) is 24.0. The van der Waals surface area contributed by atoms with Gasteiger partial charge in [-0.15, -0.1) is 0 Å². The van der Waals surface area contributed by atoms with Crippen molar-refractivity contribution in [1.29, 1.82) is 0 Å². The first-order valence-corrected chi connectivity index (χ1v) is 10.3. The average molecular weight is 341 g/mol. The number of carbonyl (C=O) groups is 2. The number of ketones is 2. The summed E-state index contributed by atoms with van der Waals surface area (Å²) in [5, 5.41) is 0. The minimum atomic E-state index is 0.130. The van der Waals surface area contributed by atoms with Gasteiger partial charge in [0, 0.05) is 12.3 Å². The van der Waals surface area contributed by atoms with Gasteiger partial charge in [0.2, 0.25) is 0 Å². The number of Topliss-reactive ketones (excluding diaryl/α,β-unsaturated/α-hetero) is 2. The minimum Gasteiger partial charge on any atom is -0.299 e. The van der Waals surface area contributed by atoms with Gasteiger partial charge in [-0.05, 0) is 74.3 Å². The molecule has 2 saturated carbocycles. The monoisotopic (exact) mass is 340 g/mol. The van der Waals surface area contributed by atoms with E-state index in [1.54, 1.807) is 5.56 Å². The van der Waals surface area contributed by atoms with Gasteiger partial charge in [-0.2, -0.15) is 0 Å². The zero-order chi connectivity index (χ0) is 17.6. The van der Waals surface area contributed by atoms with E-state index in [9.17, 15) is 9.59 Å². The molecule has 2 fully saturated rings. The Morgan fingerprint density at radius 2 is 1.88 bits per heavy atom. The first-order valence-electron chi connectivity index (χ1n) is 10.3. The van der Waals surface area contributed by atoms with E-state index in [0.29, 0.717) is 12.3 Å². The largest absolute Gasteiger partial charge is 0.299 e. The highest BCUT2D eigenvalue weighted by Crippen LogP contribution is 2.39. The first-order chi connectivity index (χ1) is 12.2. The summed E-state index contributed by atoms with van der Waals surface area (Å²) in [6.07, 6.45) is 11.1. The molecule has 2 aliphatic carbocycles. The summed E-state index contributed by atoms with van der Waals surface area (Å²) in [6, 6.07) is 8.96. The third-order valence-corrected chi connectivity index (χ3v) is 6.32. The molecule has 2 unspecified atom stereocenters. The van der Waals surface area contributed by atoms with Crippen LogP contribution in [0.3, 0.4) is 0 Å². The predicted molar refractivity (Wildman–Crippen MR) is 102 cm³/mol. The van der Waals surface area contributed by atoms with E-state index < -0.39 is 0 Å². The van der Waals surface area contributed by atoms with Crippen LogP contribution in [-0.2, 0) is 16.0 Å². The molecule has 2 nitrogen and oxygen atoms in total. The topological polar surface area (TPSA) is 34.1 Å². The Bertz CT molecular complexity index is 600. The fourth-order valence-electron chi connectivity index (χ4n) is 4.57. The second kappa shape index (κ2) is 8.78. The van der Waals surface area contributed by atoms with Crippen molar-refractivity contribution in [3.8, 4) is 0 Å². The molecule has 0 N–H and O–H groups in total. The van der Waals surface area contributed by atoms with Crippen LogP contribution in [0.4, 0.5) is 0 Å². The van der Waals surface area contributed by atoms with Gasteiger partial charge in [-0.25, -0.2) is 0 Å².